The van der Waals surface area contributed by atoms with Gasteiger partial charge in [0.15, 0.2) is 6.61 Å². The molecule has 0 radical (unpaired) electrons. The number of carbonyl (C=O) groups excluding carboxylic acids is 2. The fraction of sp³-hybridized carbons (Fsp3) is 0.125. The molecule has 1 N–H and O–H groups in total. The number of esters is 1. The topological polar surface area (TPSA) is 142 Å². The molecule has 11 heteroatoms. The van der Waals surface area contributed by atoms with Crippen LogP contribution in [0.2, 0.25) is 5.02 Å². The number of rotatable bonds is 7. The van der Waals surface area contributed by atoms with Gasteiger partial charge < -0.3 is 10.1 Å². The van der Waals surface area contributed by atoms with E-state index in [1.165, 1.54) is 24.3 Å². The van der Waals surface area contributed by atoms with Crippen LogP contribution < -0.4 is 5.32 Å². The number of ether oxygens (including phenoxy) is 1. The van der Waals surface area contributed by atoms with Gasteiger partial charge in [-0.05, 0) is 6.07 Å². The standard InChI is InChI=1S/C16H12ClN3O7/c17-12-8-11(19(23)24)5-6-13(12)18-15(21)9-27-16(22)7-10-3-1-2-4-14(10)20(25)26/h1-6,8H,7,9H2,(H,18,21). The summed E-state index contributed by atoms with van der Waals surface area (Å²) in [5, 5.41) is 23.8. The van der Waals surface area contributed by atoms with Crippen molar-refractivity contribution in [2.75, 3.05) is 11.9 Å². The molecule has 1 amide bonds. The van der Waals surface area contributed by atoms with E-state index in [1.807, 2.05) is 0 Å². The molecule has 27 heavy (non-hydrogen) atoms. The number of nitrogens with zero attached hydrogens (tertiary/aromatic N) is 2. The summed E-state index contributed by atoms with van der Waals surface area (Å²) in [5.74, 6) is -1.55. The van der Waals surface area contributed by atoms with Crippen molar-refractivity contribution in [3.05, 3.63) is 73.3 Å². The van der Waals surface area contributed by atoms with Crippen LogP contribution in [0.15, 0.2) is 42.5 Å². The maximum absolute atomic E-state index is 11.8. The molecule has 2 aromatic carbocycles. The normalized spacial score (nSPS) is 10.1. The summed E-state index contributed by atoms with van der Waals surface area (Å²) < 4.78 is 4.79. The van der Waals surface area contributed by atoms with Crippen molar-refractivity contribution in [2.24, 2.45) is 0 Å². The summed E-state index contributed by atoms with van der Waals surface area (Å²) in [6.45, 7) is -0.646. The third-order valence-corrected chi connectivity index (χ3v) is 3.64. The van der Waals surface area contributed by atoms with Crippen LogP contribution in [0.1, 0.15) is 5.56 Å². The number of nitrogens with one attached hydrogen (secondary N) is 1. The van der Waals surface area contributed by atoms with Gasteiger partial charge in [-0.3, -0.25) is 29.8 Å². The summed E-state index contributed by atoms with van der Waals surface area (Å²) >= 11 is 5.84. The molecule has 0 aliphatic rings. The fourth-order valence-electron chi connectivity index (χ4n) is 2.10. The minimum atomic E-state index is -0.825. The molecule has 140 valence electrons. The average Bonchev–Trinajstić information content (AvgIpc) is 2.61. The van der Waals surface area contributed by atoms with Gasteiger partial charge in [0.25, 0.3) is 17.3 Å². The lowest BCUT2D eigenvalue weighted by atomic mass is 10.1. The summed E-state index contributed by atoms with van der Waals surface area (Å²) in [5.41, 5.74) is -0.196. The van der Waals surface area contributed by atoms with E-state index in [1.54, 1.807) is 6.07 Å². The maximum atomic E-state index is 11.8. The van der Waals surface area contributed by atoms with E-state index in [0.29, 0.717) is 0 Å². The molecule has 0 heterocycles. The molecule has 2 rings (SSSR count). The lowest BCUT2D eigenvalue weighted by molar-refractivity contribution is -0.385. The number of para-hydroxylation sites is 1. The first-order valence-corrected chi connectivity index (χ1v) is 7.77. The van der Waals surface area contributed by atoms with E-state index in [-0.39, 0.29) is 34.1 Å². The largest absolute Gasteiger partial charge is 0.455 e. The minimum absolute atomic E-state index is 0.0520. The van der Waals surface area contributed by atoms with Crippen LogP contribution in [0, 0.1) is 20.2 Å². The summed E-state index contributed by atoms with van der Waals surface area (Å²) in [7, 11) is 0. The number of anilines is 1. The van der Waals surface area contributed by atoms with Crippen molar-refractivity contribution in [3.63, 3.8) is 0 Å². The molecule has 10 nitrogen and oxygen atoms in total. The second-order valence-corrected chi connectivity index (χ2v) is 5.60. The average molecular weight is 394 g/mol. The second kappa shape index (κ2) is 8.72. The molecular weight excluding hydrogens is 382 g/mol. The first-order valence-electron chi connectivity index (χ1n) is 7.39. The van der Waals surface area contributed by atoms with Crippen molar-refractivity contribution in [3.8, 4) is 0 Å². The Bertz CT molecular complexity index is 917. The van der Waals surface area contributed by atoms with E-state index < -0.39 is 28.3 Å². The maximum Gasteiger partial charge on any atom is 0.311 e. The SMILES string of the molecule is O=C(COC(=O)Cc1ccccc1[N+](=O)[O-])Nc1ccc([N+](=O)[O-])cc1Cl. The summed E-state index contributed by atoms with van der Waals surface area (Å²) in [6, 6.07) is 9.14. The van der Waals surface area contributed by atoms with Gasteiger partial charge in [-0.15, -0.1) is 0 Å². The first-order chi connectivity index (χ1) is 12.8. The van der Waals surface area contributed by atoms with Gasteiger partial charge in [0, 0.05) is 23.8 Å². The van der Waals surface area contributed by atoms with Gasteiger partial charge in [-0.25, -0.2) is 0 Å². The van der Waals surface area contributed by atoms with E-state index in [2.05, 4.69) is 5.32 Å². The van der Waals surface area contributed by atoms with Crippen LogP contribution in [0.4, 0.5) is 17.1 Å². The second-order valence-electron chi connectivity index (χ2n) is 5.19. The Hall–Kier alpha value is -3.53. The highest BCUT2D eigenvalue weighted by Crippen LogP contribution is 2.26. The van der Waals surface area contributed by atoms with E-state index in [4.69, 9.17) is 16.3 Å². The van der Waals surface area contributed by atoms with Crippen molar-refractivity contribution >= 4 is 40.5 Å². The van der Waals surface area contributed by atoms with E-state index in [0.717, 1.165) is 12.1 Å². The van der Waals surface area contributed by atoms with Crippen LogP contribution in [0.25, 0.3) is 0 Å². The lowest BCUT2D eigenvalue weighted by Gasteiger charge is -2.08. The number of nitro benzene ring substituents is 2. The molecule has 0 saturated heterocycles. The van der Waals surface area contributed by atoms with E-state index >= 15 is 0 Å². The van der Waals surface area contributed by atoms with Crippen LogP contribution >= 0.6 is 11.6 Å². The van der Waals surface area contributed by atoms with Gasteiger partial charge in [0.2, 0.25) is 0 Å². The quantitative estimate of drug-likeness (QED) is 0.433. The van der Waals surface area contributed by atoms with Gasteiger partial charge >= 0.3 is 5.97 Å². The fourth-order valence-corrected chi connectivity index (χ4v) is 2.32. The molecule has 0 aromatic heterocycles. The molecule has 0 fully saturated rings. The van der Waals surface area contributed by atoms with Gasteiger partial charge in [-0.2, -0.15) is 0 Å². The number of non-ortho nitro benzene ring substituents is 1. The number of nitro groups is 2. The van der Waals surface area contributed by atoms with Crippen molar-refractivity contribution < 1.29 is 24.2 Å². The predicted octanol–water partition coefficient (Wildman–Crippen LogP) is 2.88. The molecule has 0 atom stereocenters. The van der Waals surface area contributed by atoms with Gasteiger partial charge in [0.1, 0.15) is 0 Å². The highest BCUT2D eigenvalue weighted by atomic mass is 35.5. The van der Waals surface area contributed by atoms with Crippen LogP contribution in [0.3, 0.4) is 0 Å². The number of halogens is 1. The van der Waals surface area contributed by atoms with Gasteiger partial charge in [0.05, 0.1) is 27.0 Å². The molecule has 0 saturated carbocycles. The van der Waals surface area contributed by atoms with Crippen LogP contribution in [-0.4, -0.2) is 28.3 Å². The number of amides is 1. The summed E-state index contributed by atoms with van der Waals surface area (Å²) in [6.07, 6.45) is -0.372. The zero-order valence-corrected chi connectivity index (χ0v) is 14.3. The Kier molecular flexibility index (Phi) is 6.39. The minimum Gasteiger partial charge on any atom is -0.455 e. The Balaban J connectivity index is 1.91. The molecule has 0 unspecified atom stereocenters. The lowest BCUT2D eigenvalue weighted by Crippen LogP contribution is -2.22. The molecule has 0 bridgehead atoms. The first kappa shape index (κ1) is 19.8. The highest BCUT2D eigenvalue weighted by molar-refractivity contribution is 6.34. The third-order valence-electron chi connectivity index (χ3n) is 3.32. The third kappa shape index (κ3) is 5.47. The number of hydrogen-bond acceptors (Lipinski definition) is 7. The van der Waals surface area contributed by atoms with Crippen molar-refractivity contribution in [2.45, 2.75) is 6.42 Å². The van der Waals surface area contributed by atoms with E-state index in [9.17, 15) is 29.8 Å². The van der Waals surface area contributed by atoms with Crippen LogP contribution in [0.5, 0.6) is 0 Å². The number of hydrogen-bond donors (Lipinski definition) is 1. The Morgan fingerprint density at radius 1 is 1.07 bits per heavy atom. The predicted molar refractivity (Wildman–Crippen MR) is 94.5 cm³/mol. The highest BCUT2D eigenvalue weighted by Gasteiger charge is 2.17. The zero-order valence-electron chi connectivity index (χ0n) is 13.6. The smallest absolute Gasteiger partial charge is 0.311 e. The van der Waals surface area contributed by atoms with Crippen molar-refractivity contribution in [1.82, 2.24) is 0 Å². The molecule has 0 aliphatic heterocycles. The molecule has 0 aliphatic carbocycles. The number of carbonyl (C=O) groups is 2. The monoisotopic (exact) mass is 393 g/mol. The molecule has 0 spiro atoms. The Morgan fingerprint density at radius 3 is 2.41 bits per heavy atom. The Morgan fingerprint density at radius 2 is 1.78 bits per heavy atom. The van der Waals surface area contributed by atoms with Crippen LogP contribution in [-0.2, 0) is 20.7 Å². The number of benzene rings is 2. The molecule has 2 aromatic rings. The van der Waals surface area contributed by atoms with Gasteiger partial charge in [-0.1, -0.05) is 29.8 Å². The molecular formula is C16H12ClN3O7. The van der Waals surface area contributed by atoms with Crippen molar-refractivity contribution in [1.29, 1.82) is 0 Å². The Labute approximate surface area is 157 Å². The zero-order chi connectivity index (χ0) is 20.0. The summed E-state index contributed by atoms with van der Waals surface area (Å²) in [4.78, 5) is 43.9.